The normalized spacial score (nSPS) is 14.7. The summed E-state index contributed by atoms with van der Waals surface area (Å²) in [6.07, 6.45) is 10.9. The van der Waals surface area contributed by atoms with Crippen molar-refractivity contribution in [2.75, 3.05) is 5.73 Å². The van der Waals surface area contributed by atoms with E-state index in [0.29, 0.717) is 0 Å². The standard InChI is InChI=1S/C14H12NOP/c1-17-10-3-2-4-13-12(8-10)11-7-9(15)5-6-14(11)16-13/h2-7H,1,8,15H2. The van der Waals surface area contributed by atoms with Crippen LogP contribution < -0.4 is 5.73 Å². The van der Waals surface area contributed by atoms with Gasteiger partial charge >= 0.3 is 0 Å². The molecule has 3 rings (SSSR count). The first-order valence-electron chi connectivity index (χ1n) is 5.43. The summed E-state index contributed by atoms with van der Waals surface area (Å²) in [5.41, 5.74) is 8.71. The average Bonchev–Trinajstić information content (AvgIpc) is 2.54. The Balaban J connectivity index is 2.27. The molecule has 0 saturated carbocycles. The highest BCUT2D eigenvalue weighted by molar-refractivity contribution is 7.41. The van der Waals surface area contributed by atoms with E-state index in [0.717, 1.165) is 37.0 Å². The molecule has 17 heavy (non-hydrogen) atoms. The summed E-state index contributed by atoms with van der Waals surface area (Å²) in [6, 6.07) is 5.78. The maximum Gasteiger partial charge on any atom is 0.135 e. The Morgan fingerprint density at radius 2 is 2.24 bits per heavy atom. The molecule has 0 saturated heterocycles. The lowest BCUT2D eigenvalue weighted by atomic mass is 10.1. The molecule has 0 bridgehead atoms. The number of furan rings is 1. The molecule has 0 radical (unpaired) electrons. The van der Waals surface area contributed by atoms with E-state index in [2.05, 4.69) is 12.4 Å². The van der Waals surface area contributed by atoms with E-state index in [1.807, 2.05) is 30.4 Å². The summed E-state index contributed by atoms with van der Waals surface area (Å²) >= 11 is 0. The largest absolute Gasteiger partial charge is 0.456 e. The van der Waals surface area contributed by atoms with Crippen LogP contribution in [0.2, 0.25) is 0 Å². The van der Waals surface area contributed by atoms with E-state index in [4.69, 9.17) is 10.2 Å². The van der Waals surface area contributed by atoms with Crippen LogP contribution in [0.1, 0.15) is 11.3 Å². The third-order valence-electron chi connectivity index (χ3n) is 2.94. The summed E-state index contributed by atoms with van der Waals surface area (Å²) in [5.74, 6) is 0.931. The fraction of sp³-hybridized carbons (Fsp3) is 0.0714. The second-order valence-electron chi connectivity index (χ2n) is 4.05. The van der Waals surface area contributed by atoms with Crippen LogP contribution in [-0.4, -0.2) is 6.30 Å². The zero-order valence-electron chi connectivity index (χ0n) is 9.31. The van der Waals surface area contributed by atoms with E-state index in [9.17, 15) is 0 Å². The third-order valence-corrected chi connectivity index (χ3v) is 3.66. The van der Waals surface area contributed by atoms with Gasteiger partial charge in [0.05, 0.1) is 0 Å². The van der Waals surface area contributed by atoms with Gasteiger partial charge in [-0.05, 0) is 29.6 Å². The van der Waals surface area contributed by atoms with E-state index < -0.39 is 0 Å². The van der Waals surface area contributed by atoms with Crippen LogP contribution >= 0.6 is 8.20 Å². The van der Waals surface area contributed by atoms with Gasteiger partial charge in [0.15, 0.2) is 0 Å². The van der Waals surface area contributed by atoms with Gasteiger partial charge in [-0.15, -0.1) is 0 Å². The van der Waals surface area contributed by atoms with Gasteiger partial charge in [-0.1, -0.05) is 26.7 Å². The van der Waals surface area contributed by atoms with Crippen molar-refractivity contribution in [1.82, 2.24) is 0 Å². The van der Waals surface area contributed by atoms with Crippen LogP contribution in [0.5, 0.6) is 0 Å². The summed E-state index contributed by atoms with van der Waals surface area (Å²) < 4.78 is 5.82. The highest BCUT2D eigenvalue weighted by Gasteiger charge is 2.14. The predicted octanol–water partition coefficient (Wildman–Crippen LogP) is 3.85. The molecular weight excluding hydrogens is 229 g/mol. The average molecular weight is 241 g/mol. The van der Waals surface area contributed by atoms with Crippen molar-refractivity contribution in [2.24, 2.45) is 0 Å². The fourth-order valence-electron chi connectivity index (χ4n) is 2.10. The number of nitrogens with two attached hydrogens (primary N) is 1. The molecule has 1 aliphatic rings. The van der Waals surface area contributed by atoms with Gasteiger partial charge in [0, 0.05) is 23.1 Å². The minimum absolute atomic E-state index is 0.770. The zero-order valence-corrected chi connectivity index (χ0v) is 10.2. The quantitative estimate of drug-likeness (QED) is 0.608. The first kappa shape index (κ1) is 10.4. The number of rotatable bonds is 1. The lowest BCUT2D eigenvalue weighted by Gasteiger charge is -1.99. The highest BCUT2D eigenvalue weighted by Crippen LogP contribution is 2.33. The lowest BCUT2D eigenvalue weighted by Crippen LogP contribution is -1.87. The molecule has 0 aliphatic heterocycles. The summed E-state index contributed by atoms with van der Waals surface area (Å²) in [5, 5.41) is 2.39. The minimum Gasteiger partial charge on any atom is -0.456 e. The fourth-order valence-corrected chi connectivity index (χ4v) is 2.56. The van der Waals surface area contributed by atoms with Crippen molar-refractivity contribution in [3.05, 3.63) is 47.0 Å². The number of hydrogen-bond acceptors (Lipinski definition) is 2. The molecule has 3 heteroatoms. The molecule has 2 N–H and O–H groups in total. The monoisotopic (exact) mass is 241 g/mol. The van der Waals surface area contributed by atoms with Crippen LogP contribution in [0.4, 0.5) is 5.69 Å². The molecule has 1 aliphatic carbocycles. The topological polar surface area (TPSA) is 39.2 Å². The molecule has 1 aromatic carbocycles. The van der Waals surface area contributed by atoms with Gasteiger partial charge in [-0.25, -0.2) is 0 Å². The van der Waals surface area contributed by atoms with Crippen molar-refractivity contribution < 1.29 is 4.42 Å². The van der Waals surface area contributed by atoms with Crippen LogP contribution in [0.25, 0.3) is 17.0 Å². The number of nitrogen functional groups attached to an aromatic ring is 1. The second-order valence-corrected chi connectivity index (χ2v) is 4.94. The van der Waals surface area contributed by atoms with E-state index in [-0.39, 0.29) is 0 Å². The Bertz CT molecular complexity index is 664. The van der Waals surface area contributed by atoms with Crippen LogP contribution in [-0.2, 0) is 6.42 Å². The number of hydrogen-bond donors (Lipinski definition) is 1. The summed E-state index contributed by atoms with van der Waals surface area (Å²) in [4.78, 5) is 0. The minimum atomic E-state index is 0.770. The maximum absolute atomic E-state index is 5.83. The van der Waals surface area contributed by atoms with Crippen molar-refractivity contribution in [3.63, 3.8) is 0 Å². The highest BCUT2D eigenvalue weighted by atomic mass is 31.1. The Hall–Kier alpha value is -1.79. The Kier molecular flexibility index (Phi) is 2.38. The van der Waals surface area contributed by atoms with Gasteiger partial charge in [0.2, 0.25) is 0 Å². The molecule has 0 atom stereocenters. The Morgan fingerprint density at radius 3 is 3.06 bits per heavy atom. The van der Waals surface area contributed by atoms with E-state index in [1.54, 1.807) is 0 Å². The molecular formula is C14H12NOP. The second kappa shape index (κ2) is 3.90. The molecule has 0 spiro atoms. The van der Waals surface area contributed by atoms with E-state index in [1.165, 1.54) is 10.9 Å². The Labute approximate surface area is 101 Å². The molecule has 0 fully saturated rings. The van der Waals surface area contributed by atoms with Crippen molar-refractivity contribution in [3.8, 4) is 0 Å². The van der Waals surface area contributed by atoms with Gasteiger partial charge in [-0.3, -0.25) is 0 Å². The molecule has 2 nitrogen and oxygen atoms in total. The molecule has 84 valence electrons. The molecule has 2 aromatic rings. The first-order chi connectivity index (χ1) is 8.28. The van der Waals surface area contributed by atoms with Gasteiger partial charge in [-0.2, -0.15) is 0 Å². The number of anilines is 1. The van der Waals surface area contributed by atoms with E-state index >= 15 is 0 Å². The predicted molar refractivity (Wildman–Crippen MR) is 75.5 cm³/mol. The lowest BCUT2D eigenvalue weighted by molar-refractivity contribution is 0.600. The van der Waals surface area contributed by atoms with Crippen LogP contribution in [0, 0.1) is 0 Å². The van der Waals surface area contributed by atoms with Crippen LogP contribution in [0.15, 0.2) is 40.1 Å². The van der Waals surface area contributed by atoms with Gasteiger partial charge < -0.3 is 10.2 Å². The van der Waals surface area contributed by atoms with Crippen LogP contribution in [0.3, 0.4) is 0 Å². The van der Waals surface area contributed by atoms with Crippen molar-refractivity contribution in [2.45, 2.75) is 6.42 Å². The molecule has 1 heterocycles. The number of benzene rings is 1. The maximum atomic E-state index is 5.83. The summed E-state index contributed by atoms with van der Waals surface area (Å²) in [7, 11) is 1.05. The van der Waals surface area contributed by atoms with Crippen molar-refractivity contribution in [1.29, 1.82) is 0 Å². The molecule has 0 unspecified atom stereocenters. The molecule has 1 aromatic heterocycles. The first-order valence-corrected chi connectivity index (χ1v) is 6.51. The van der Waals surface area contributed by atoms with Gasteiger partial charge in [0.1, 0.15) is 11.3 Å². The number of fused-ring (bicyclic) bond motifs is 3. The summed E-state index contributed by atoms with van der Waals surface area (Å²) in [6.45, 7) is 0. The van der Waals surface area contributed by atoms with Gasteiger partial charge in [0.25, 0.3) is 0 Å². The zero-order chi connectivity index (χ0) is 11.8. The smallest absolute Gasteiger partial charge is 0.135 e. The molecule has 0 amide bonds. The number of allylic oxidation sites excluding steroid dienone is 3. The Morgan fingerprint density at radius 1 is 1.35 bits per heavy atom. The SMILES string of the molecule is C=PC1=CC=Cc2oc3ccc(N)cc3c2C1. The third kappa shape index (κ3) is 1.71. The van der Waals surface area contributed by atoms with Crippen molar-refractivity contribution >= 4 is 37.2 Å².